The molecule has 2 rings (SSSR count). The average molecular weight is 304 g/mol. The van der Waals surface area contributed by atoms with Gasteiger partial charge in [0.05, 0.1) is 4.99 Å². The van der Waals surface area contributed by atoms with Gasteiger partial charge in [0, 0.05) is 6.04 Å². The van der Waals surface area contributed by atoms with Crippen molar-refractivity contribution < 1.29 is 0 Å². The smallest absolute Gasteiger partial charge is 0.0726 e. The number of hydrogen-bond donors (Lipinski definition) is 1. The summed E-state index contributed by atoms with van der Waals surface area (Å²) in [6, 6.07) is 5.13. The number of benzene rings is 1. The van der Waals surface area contributed by atoms with Crippen LogP contribution in [0, 0.1) is 0 Å². The Balaban J connectivity index is 2.59. The Morgan fingerprint density at radius 1 is 1.29 bits per heavy atom. The van der Waals surface area contributed by atoms with Crippen molar-refractivity contribution in [3.05, 3.63) is 34.4 Å². The first-order valence-electron chi connectivity index (χ1n) is 7.97. The van der Waals surface area contributed by atoms with Crippen molar-refractivity contribution in [1.29, 1.82) is 0 Å². The highest BCUT2D eigenvalue weighted by Crippen LogP contribution is 2.43. The second kappa shape index (κ2) is 5.39. The molecule has 0 heterocycles. The molecule has 0 aromatic heterocycles. The summed E-state index contributed by atoms with van der Waals surface area (Å²) in [7, 11) is 0. The third kappa shape index (κ3) is 3.31. The molecule has 1 aromatic rings. The van der Waals surface area contributed by atoms with Crippen LogP contribution in [0.1, 0.15) is 83.2 Å². The van der Waals surface area contributed by atoms with Crippen LogP contribution < -0.4 is 5.32 Å². The van der Waals surface area contributed by atoms with Gasteiger partial charge in [-0.25, -0.2) is 0 Å². The average Bonchev–Trinajstić information content (AvgIpc) is 2.62. The van der Waals surface area contributed by atoms with Crippen LogP contribution in [0.15, 0.2) is 12.1 Å². The molecule has 0 aliphatic heterocycles. The summed E-state index contributed by atoms with van der Waals surface area (Å²) in [5.41, 5.74) is 6.42. The number of fused-ring (bicyclic) bond motifs is 1. The van der Waals surface area contributed by atoms with E-state index < -0.39 is 0 Å². The summed E-state index contributed by atoms with van der Waals surface area (Å²) < 4.78 is 0. The van der Waals surface area contributed by atoms with Crippen LogP contribution in [0.3, 0.4) is 0 Å². The molecule has 1 aromatic carbocycles. The molecular weight excluding hydrogens is 274 g/mol. The zero-order valence-corrected chi connectivity index (χ0v) is 15.4. The number of thiocarbonyl (C=S) groups is 1. The predicted molar refractivity (Wildman–Crippen MR) is 96.3 cm³/mol. The largest absolute Gasteiger partial charge is 0.373 e. The molecule has 2 heteroatoms. The van der Waals surface area contributed by atoms with Crippen molar-refractivity contribution in [2.45, 2.75) is 78.2 Å². The van der Waals surface area contributed by atoms with E-state index in [0.29, 0.717) is 0 Å². The highest BCUT2D eigenvalue weighted by atomic mass is 32.1. The molecular formula is C19H29NS. The van der Waals surface area contributed by atoms with E-state index in [4.69, 9.17) is 12.2 Å². The van der Waals surface area contributed by atoms with Gasteiger partial charge in [-0.05, 0) is 59.8 Å². The molecule has 1 aliphatic rings. The maximum atomic E-state index is 5.24. The lowest BCUT2D eigenvalue weighted by atomic mass is 9.79. The van der Waals surface area contributed by atoms with E-state index in [0.717, 1.165) is 4.99 Å². The molecule has 21 heavy (non-hydrogen) atoms. The van der Waals surface area contributed by atoms with Gasteiger partial charge in [0.2, 0.25) is 0 Å². The van der Waals surface area contributed by atoms with Gasteiger partial charge < -0.3 is 5.32 Å². The fourth-order valence-corrected chi connectivity index (χ4v) is 3.53. The van der Waals surface area contributed by atoms with Crippen LogP contribution in [0.2, 0.25) is 0 Å². The Hall–Kier alpha value is -0.890. The van der Waals surface area contributed by atoms with Gasteiger partial charge in [0.1, 0.15) is 0 Å². The van der Waals surface area contributed by atoms with E-state index in [1.807, 2.05) is 6.92 Å². The van der Waals surface area contributed by atoms with E-state index in [1.165, 1.54) is 24.0 Å². The number of hydrogen-bond acceptors (Lipinski definition) is 1. The number of nitrogens with one attached hydrogen (secondary N) is 1. The summed E-state index contributed by atoms with van der Waals surface area (Å²) in [5.74, 6) is 0. The molecule has 0 saturated carbocycles. The van der Waals surface area contributed by atoms with Crippen LogP contribution in [0.4, 0.5) is 0 Å². The molecule has 0 amide bonds. The summed E-state index contributed by atoms with van der Waals surface area (Å²) in [6.45, 7) is 15.8. The minimum atomic E-state index is 0.175. The van der Waals surface area contributed by atoms with Crippen molar-refractivity contribution in [2.75, 3.05) is 0 Å². The van der Waals surface area contributed by atoms with Gasteiger partial charge >= 0.3 is 0 Å². The van der Waals surface area contributed by atoms with Crippen molar-refractivity contribution in [2.24, 2.45) is 0 Å². The van der Waals surface area contributed by atoms with Gasteiger partial charge in [0.25, 0.3) is 0 Å². The fourth-order valence-electron chi connectivity index (χ4n) is 3.35. The van der Waals surface area contributed by atoms with Crippen LogP contribution in [0.25, 0.3) is 0 Å². The zero-order valence-electron chi connectivity index (χ0n) is 14.6. The molecule has 0 spiro atoms. The Kier molecular flexibility index (Phi) is 4.23. The van der Waals surface area contributed by atoms with Gasteiger partial charge in [0.15, 0.2) is 0 Å². The third-order valence-corrected chi connectivity index (χ3v) is 4.88. The SMILES string of the molecule is CC(=S)NC(C)c1cc(C(C)(C)C)cc2c1CCC2(C)C. The summed E-state index contributed by atoms with van der Waals surface area (Å²) >= 11 is 5.24. The standard InChI is InChI=1S/C19H29NS/c1-12(20-13(2)21)16-10-14(18(3,4)5)11-17-15(16)8-9-19(17,6)7/h10-12H,8-9H2,1-7H3,(H,20,21). The molecule has 1 unspecified atom stereocenters. The second-order valence-electron chi connectivity index (χ2n) is 8.15. The molecule has 0 radical (unpaired) electrons. The third-order valence-electron chi connectivity index (χ3n) is 4.77. The summed E-state index contributed by atoms with van der Waals surface area (Å²) in [5, 5.41) is 3.43. The lowest BCUT2D eigenvalue weighted by molar-refractivity contribution is 0.519. The molecule has 1 nitrogen and oxygen atoms in total. The van der Waals surface area contributed by atoms with Crippen molar-refractivity contribution in [3.63, 3.8) is 0 Å². The van der Waals surface area contributed by atoms with E-state index in [2.05, 4.69) is 59.0 Å². The maximum absolute atomic E-state index is 5.24. The first-order chi connectivity index (χ1) is 9.52. The van der Waals surface area contributed by atoms with Crippen molar-refractivity contribution in [3.8, 4) is 0 Å². The Labute approximate surface area is 135 Å². The fraction of sp³-hybridized carbons (Fsp3) is 0.632. The first-order valence-corrected chi connectivity index (χ1v) is 8.38. The minimum Gasteiger partial charge on any atom is -0.373 e. The van der Waals surface area contributed by atoms with E-state index in [9.17, 15) is 0 Å². The van der Waals surface area contributed by atoms with Gasteiger partial charge in [-0.1, -0.05) is 59.0 Å². The quantitative estimate of drug-likeness (QED) is 0.753. The highest BCUT2D eigenvalue weighted by Gasteiger charge is 2.33. The molecule has 0 bridgehead atoms. The zero-order chi connectivity index (χ0) is 16.0. The maximum Gasteiger partial charge on any atom is 0.0726 e. The van der Waals surface area contributed by atoms with Crippen molar-refractivity contribution >= 4 is 17.2 Å². The summed E-state index contributed by atoms with van der Waals surface area (Å²) in [4.78, 5) is 0.870. The molecule has 116 valence electrons. The normalized spacial score (nSPS) is 18.2. The summed E-state index contributed by atoms with van der Waals surface area (Å²) in [6.07, 6.45) is 2.43. The topological polar surface area (TPSA) is 12.0 Å². The lowest BCUT2D eigenvalue weighted by Crippen LogP contribution is -2.24. The van der Waals surface area contributed by atoms with Crippen LogP contribution in [0.5, 0.6) is 0 Å². The van der Waals surface area contributed by atoms with Gasteiger partial charge in [-0.2, -0.15) is 0 Å². The van der Waals surface area contributed by atoms with Crippen LogP contribution in [-0.2, 0) is 17.3 Å². The van der Waals surface area contributed by atoms with E-state index >= 15 is 0 Å². The monoisotopic (exact) mass is 303 g/mol. The van der Waals surface area contributed by atoms with E-state index in [1.54, 1.807) is 11.1 Å². The van der Waals surface area contributed by atoms with Crippen molar-refractivity contribution in [1.82, 2.24) is 5.32 Å². The Bertz CT molecular complexity index is 564. The number of rotatable bonds is 2. The molecule has 0 fully saturated rings. The highest BCUT2D eigenvalue weighted by molar-refractivity contribution is 7.80. The molecule has 1 atom stereocenters. The molecule has 0 saturated heterocycles. The van der Waals surface area contributed by atoms with Gasteiger partial charge in [-0.15, -0.1) is 0 Å². The minimum absolute atomic E-state index is 0.175. The van der Waals surface area contributed by atoms with Crippen LogP contribution in [-0.4, -0.2) is 4.99 Å². The first kappa shape index (κ1) is 16.5. The molecule has 1 N–H and O–H groups in total. The predicted octanol–water partition coefficient (Wildman–Crippen LogP) is 5.21. The second-order valence-corrected chi connectivity index (χ2v) is 8.76. The van der Waals surface area contributed by atoms with Gasteiger partial charge in [-0.3, -0.25) is 0 Å². The molecule has 1 aliphatic carbocycles. The Morgan fingerprint density at radius 3 is 2.43 bits per heavy atom. The van der Waals surface area contributed by atoms with E-state index in [-0.39, 0.29) is 16.9 Å². The lowest BCUT2D eigenvalue weighted by Gasteiger charge is -2.28. The Morgan fingerprint density at radius 2 is 1.90 bits per heavy atom. The van der Waals surface area contributed by atoms with Crippen LogP contribution >= 0.6 is 12.2 Å².